The molecule has 0 aliphatic carbocycles. The highest BCUT2D eigenvalue weighted by Gasteiger charge is 2.37. The first-order valence-corrected chi connectivity index (χ1v) is 17.5. The third-order valence-corrected chi connectivity index (χ3v) is 11.4. The molecule has 0 unspecified atom stereocenters. The van der Waals surface area contributed by atoms with Crippen LogP contribution in [0.1, 0.15) is 11.1 Å². The zero-order chi connectivity index (χ0) is 42.7. The van der Waals surface area contributed by atoms with E-state index in [1.165, 1.54) is 37.3 Å². The molecule has 14 N–H and O–H groups in total. The molecule has 0 bridgehead atoms. The molecule has 0 aromatic heterocycles. The average molecular weight is 819 g/mol. The molecule has 18 nitrogen and oxygen atoms in total. The van der Waals surface area contributed by atoms with E-state index in [4.69, 9.17) is 18.3 Å². The van der Waals surface area contributed by atoms with E-state index in [9.17, 15) is 71.5 Å². The molecule has 0 saturated carbocycles. The Kier molecular flexibility index (Phi) is 6.77. The molecule has 302 valence electrons. The van der Waals surface area contributed by atoms with E-state index in [-0.39, 0.29) is 76.8 Å². The van der Waals surface area contributed by atoms with Crippen LogP contribution < -0.4 is 0 Å². The second-order valence-corrected chi connectivity index (χ2v) is 14.2. The van der Waals surface area contributed by atoms with Gasteiger partial charge in [0.25, 0.3) is 0 Å². The zero-order valence-corrected chi connectivity index (χ0v) is 30.4. The molecule has 0 spiro atoms. The molecule has 18 heteroatoms. The largest absolute Gasteiger partial charge is 0.507 e. The van der Waals surface area contributed by atoms with Crippen LogP contribution in [0.3, 0.4) is 0 Å². The minimum absolute atomic E-state index is 0.0331. The second-order valence-electron chi connectivity index (χ2n) is 14.2. The summed E-state index contributed by atoms with van der Waals surface area (Å²) >= 11 is 0. The van der Waals surface area contributed by atoms with Crippen LogP contribution in [0.4, 0.5) is 0 Å². The van der Waals surface area contributed by atoms with Gasteiger partial charge < -0.3 is 71.5 Å². The van der Waals surface area contributed by atoms with Gasteiger partial charge in [-0.2, -0.15) is 0 Å². The van der Waals surface area contributed by atoms with Crippen LogP contribution in [0.2, 0.25) is 0 Å². The standard InChI is InChI=1S/C42H26O18/c1-9-10(2)39-20-17-21-19(28(46)34(52)36(54)40(21)58-60-42-24(17)41(59-57-39)37(55)35(53)38(42)56)15(18(20)25(9)43)13-7-3-6-12-11(13)5-4-8-14(12)16-26(44)22-23(29(47)27(16)45)31(49)33(51)32(50)30(22)48/h3-8,43-56H,1-2H3. The van der Waals surface area contributed by atoms with Gasteiger partial charge in [0, 0.05) is 38.2 Å². The van der Waals surface area contributed by atoms with Crippen LogP contribution in [-0.2, 0) is 0 Å². The summed E-state index contributed by atoms with van der Waals surface area (Å²) in [5, 5.41) is 153. The lowest BCUT2D eigenvalue weighted by Crippen LogP contribution is -1.97. The van der Waals surface area contributed by atoms with Crippen molar-refractivity contribution in [3.8, 4) is 114 Å². The van der Waals surface area contributed by atoms with Gasteiger partial charge in [-0.15, -0.1) is 0 Å². The van der Waals surface area contributed by atoms with Gasteiger partial charge in [-0.25, -0.2) is 0 Å². The fourth-order valence-electron chi connectivity index (χ4n) is 8.42. The fraction of sp³-hybridized carbons (Fsp3) is 0.0476. The van der Waals surface area contributed by atoms with Crippen molar-refractivity contribution in [2.75, 3.05) is 0 Å². The third kappa shape index (κ3) is 3.99. The maximum absolute atomic E-state index is 12.2. The smallest absolute Gasteiger partial charge is 0.236 e. The molecule has 8 aromatic rings. The van der Waals surface area contributed by atoms with Crippen molar-refractivity contribution in [3.63, 3.8) is 0 Å². The van der Waals surface area contributed by atoms with Crippen molar-refractivity contribution in [2.24, 2.45) is 0 Å². The van der Waals surface area contributed by atoms with Crippen molar-refractivity contribution in [3.05, 3.63) is 47.5 Å². The second kappa shape index (κ2) is 11.4. The molecule has 60 heavy (non-hydrogen) atoms. The zero-order valence-electron chi connectivity index (χ0n) is 30.4. The summed E-state index contributed by atoms with van der Waals surface area (Å²) in [4.78, 5) is 0. The van der Waals surface area contributed by atoms with Crippen molar-refractivity contribution in [1.82, 2.24) is 0 Å². The molecule has 0 radical (unpaired) electrons. The van der Waals surface area contributed by atoms with Crippen molar-refractivity contribution < 1.29 is 89.8 Å². The highest BCUT2D eigenvalue weighted by Crippen LogP contribution is 2.63. The van der Waals surface area contributed by atoms with Crippen LogP contribution in [-0.4, -0.2) is 71.5 Å². The number of benzene rings is 8. The molecule has 10 rings (SSSR count). The lowest BCUT2D eigenvalue weighted by atomic mass is 9.81. The summed E-state index contributed by atoms with van der Waals surface area (Å²) in [5.41, 5.74) is -2.54. The molecule has 0 saturated heterocycles. The maximum Gasteiger partial charge on any atom is 0.236 e. The number of phenolic OH excluding ortho intramolecular Hbond substituents is 14. The van der Waals surface area contributed by atoms with E-state index in [0.29, 0.717) is 0 Å². The quantitative estimate of drug-likeness (QED) is 0.0336. The summed E-state index contributed by atoms with van der Waals surface area (Å²) in [6, 6.07) is 8.96. The van der Waals surface area contributed by atoms with Crippen LogP contribution >= 0.6 is 0 Å². The molecule has 2 heterocycles. The van der Waals surface area contributed by atoms with Crippen molar-refractivity contribution in [2.45, 2.75) is 13.8 Å². The number of hydrogen-bond donors (Lipinski definition) is 14. The Bertz CT molecular complexity index is 3490. The molecule has 2 aliphatic heterocycles. The first-order valence-electron chi connectivity index (χ1n) is 17.5. The molecule has 2 aliphatic rings. The van der Waals surface area contributed by atoms with Crippen molar-refractivity contribution in [1.29, 1.82) is 0 Å². The van der Waals surface area contributed by atoms with E-state index in [0.717, 1.165) is 0 Å². The number of hydrogen-bond acceptors (Lipinski definition) is 18. The van der Waals surface area contributed by atoms with Crippen LogP contribution in [0, 0.1) is 13.8 Å². The highest BCUT2D eigenvalue weighted by atomic mass is 17.0. The number of fused-ring (bicyclic) bond motifs is 2. The van der Waals surface area contributed by atoms with Crippen molar-refractivity contribution >= 4 is 65.4 Å². The topological polar surface area (TPSA) is 336 Å². The fourth-order valence-corrected chi connectivity index (χ4v) is 8.42. The summed E-state index contributed by atoms with van der Waals surface area (Å²) in [5.74, 6) is -14.6. The SMILES string of the molecule is Cc1c(C)c2ooc3c(O)c(O)c(O)c4ooc5c(O)c(O)c(O)c6c(-c7cccc8c(-c9c(O)c(O)c%10c(O)c(O)c(O)c(O)c%10c9O)cccc78)c(c1O)c2c(c56)-c34. The van der Waals surface area contributed by atoms with Gasteiger partial charge in [0.1, 0.15) is 11.5 Å². The molecular formula is C42H26O18. The number of rotatable bonds is 2. The third-order valence-electron chi connectivity index (χ3n) is 11.4. The monoisotopic (exact) mass is 818 g/mol. The Labute approximate surface area is 330 Å². The van der Waals surface area contributed by atoms with Crippen LogP contribution in [0.5, 0.6) is 80.5 Å². The summed E-state index contributed by atoms with van der Waals surface area (Å²) in [7, 11) is 0. The van der Waals surface area contributed by atoms with Gasteiger partial charge >= 0.3 is 0 Å². The van der Waals surface area contributed by atoms with E-state index in [1.807, 2.05) is 0 Å². The summed E-state index contributed by atoms with van der Waals surface area (Å²) in [6.07, 6.45) is 0. The van der Waals surface area contributed by atoms with Gasteiger partial charge in [-0.3, -0.25) is 18.3 Å². The maximum atomic E-state index is 12.2. The van der Waals surface area contributed by atoms with E-state index in [2.05, 4.69) is 0 Å². The Hall–Kier alpha value is -8.80. The molecule has 0 atom stereocenters. The normalized spacial score (nSPS) is 12.1. The Morgan fingerprint density at radius 1 is 0.283 bits per heavy atom. The summed E-state index contributed by atoms with van der Waals surface area (Å²) in [6.45, 7) is 3.09. The molecule has 0 fully saturated rings. The molecule has 8 aromatic carbocycles. The van der Waals surface area contributed by atoms with Crippen LogP contribution in [0.15, 0.2) is 54.7 Å². The average Bonchev–Trinajstić information content (AvgIpc) is 3.52. The Balaban J connectivity index is 1.45. The Morgan fingerprint density at radius 3 is 1.27 bits per heavy atom. The number of phenols is 14. The van der Waals surface area contributed by atoms with Gasteiger partial charge in [-0.05, 0) is 41.3 Å². The first kappa shape index (κ1) is 35.6. The first-order chi connectivity index (χ1) is 28.5. The van der Waals surface area contributed by atoms with Crippen LogP contribution in [0.25, 0.3) is 98.8 Å². The minimum Gasteiger partial charge on any atom is -0.507 e. The van der Waals surface area contributed by atoms with Gasteiger partial charge in [0.2, 0.25) is 57.0 Å². The predicted octanol–water partition coefficient (Wildman–Crippen LogP) is 8.47. The van der Waals surface area contributed by atoms with Gasteiger partial charge in [0.05, 0.1) is 21.9 Å². The summed E-state index contributed by atoms with van der Waals surface area (Å²) < 4.78 is 22.4. The number of aromatic hydroxyl groups is 14. The van der Waals surface area contributed by atoms with E-state index < -0.39 is 114 Å². The van der Waals surface area contributed by atoms with Gasteiger partial charge in [-0.1, -0.05) is 36.4 Å². The predicted molar refractivity (Wildman–Crippen MR) is 210 cm³/mol. The number of aryl methyl sites for hydroxylation is 1. The molecule has 0 amide bonds. The van der Waals surface area contributed by atoms with E-state index >= 15 is 0 Å². The minimum atomic E-state index is -1.24. The lowest BCUT2D eigenvalue weighted by molar-refractivity contribution is 0.0828. The van der Waals surface area contributed by atoms with Gasteiger partial charge in [0.15, 0.2) is 34.3 Å². The molecular weight excluding hydrogens is 792 g/mol. The Morgan fingerprint density at radius 2 is 0.683 bits per heavy atom. The lowest BCUT2D eigenvalue weighted by Gasteiger charge is -2.22. The highest BCUT2D eigenvalue weighted by molar-refractivity contribution is 6.35. The van der Waals surface area contributed by atoms with E-state index in [1.54, 1.807) is 13.0 Å².